The first kappa shape index (κ1) is 18.1. The summed E-state index contributed by atoms with van der Waals surface area (Å²) < 4.78 is 0. The van der Waals surface area contributed by atoms with Crippen molar-refractivity contribution < 1.29 is 10.0 Å². The standard InChI is InChI=1S/C15H10N2O2.C3H8O/c18-17(19)15-8-4-7-14(11-15)12-16-10-9-13-5-2-1-3-6-13;1-3(2)4/h1-8,11-12H;3-4H,1-2H3. The van der Waals surface area contributed by atoms with Crippen LogP contribution in [0, 0.1) is 22.1 Å². The van der Waals surface area contributed by atoms with Crippen LogP contribution in [-0.4, -0.2) is 22.3 Å². The van der Waals surface area contributed by atoms with Gasteiger partial charge in [0.05, 0.1) is 4.92 Å². The Balaban J connectivity index is 0.000000593. The highest BCUT2D eigenvalue weighted by molar-refractivity contribution is 5.81. The van der Waals surface area contributed by atoms with Crippen molar-refractivity contribution in [3.63, 3.8) is 0 Å². The summed E-state index contributed by atoms with van der Waals surface area (Å²) >= 11 is 0. The molecule has 0 atom stereocenters. The Morgan fingerprint density at radius 3 is 2.43 bits per heavy atom. The van der Waals surface area contributed by atoms with Crippen LogP contribution in [0.4, 0.5) is 5.69 Å². The molecule has 0 fully saturated rings. The maximum Gasteiger partial charge on any atom is 0.270 e. The Morgan fingerprint density at radius 2 is 1.83 bits per heavy atom. The van der Waals surface area contributed by atoms with E-state index in [9.17, 15) is 10.1 Å². The Hall–Kier alpha value is -2.97. The number of aliphatic hydroxyl groups excluding tert-OH is 1. The lowest BCUT2D eigenvalue weighted by atomic mass is 10.2. The normalized spacial score (nSPS) is 9.74. The number of nitro groups is 1. The lowest BCUT2D eigenvalue weighted by Gasteiger charge is -1.92. The molecule has 0 aromatic heterocycles. The molecule has 0 heterocycles. The van der Waals surface area contributed by atoms with Crippen LogP contribution in [0.5, 0.6) is 0 Å². The highest BCUT2D eigenvalue weighted by atomic mass is 16.6. The lowest BCUT2D eigenvalue weighted by molar-refractivity contribution is -0.384. The molecule has 0 saturated heterocycles. The van der Waals surface area contributed by atoms with E-state index in [-0.39, 0.29) is 11.8 Å². The number of nitrogens with zero attached hydrogens (tertiary/aromatic N) is 2. The molecule has 1 N–H and O–H groups in total. The Labute approximate surface area is 135 Å². The SMILES string of the molecule is CC(C)O.O=[N+]([O-])c1cccc(C=NC#Cc2ccccc2)c1. The molecule has 5 nitrogen and oxygen atoms in total. The van der Waals surface area contributed by atoms with Gasteiger partial charge in [0, 0.05) is 41.6 Å². The smallest absolute Gasteiger partial charge is 0.270 e. The lowest BCUT2D eigenvalue weighted by Crippen LogP contribution is -1.89. The first-order valence-electron chi connectivity index (χ1n) is 7.00. The van der Waals surface area contributed by atoms with E-state index in [0.29, 0.717) is 5.56 Å². The average molecular weight is 310 g/mol. The van der Waals surface area contributed by atoms with Gasteiger partial charge < -0.3 is 5.11 Å². The first-order chi connectivity index (χ1) is 11.0. The van der Waals surface area contributed by atoms with E-state index in [4.69, 9.17) is 5.11 Å². The van der Waals surface area contributed by atoms with Gasteiger partial charge in [-0.15, -0.1) is 0 Å². The predicted molar refractivity (Wildman–Crippen MR) is 91.4 cm³/mol. The molecule has 2 aromatic carbocycles. The third-order valence-electron chi connectivity index (χ3n) is 2.33. The number of hydrogen-bond donors (Lipinski definition) is 1. The van der Waals surface area contributed by atoms with Crippen molar-refractivity contribution in [1.82, 2.24) is 0 Å². The van der Waals surface area contributed by atoms with Crippen LogP contribution in [0.1, 0.15) is 25.0 Å². The molecule has 2 rings (SSSR count). The van der Waals surface area contributed by atoms with Crippen LogP contribution in [-0.2, 0) is 0 Å². The second-order valence-corrected chi connectivity index (χ2v) is 4.81. The summed E-state index contributed by atoms with van der Waals surface area (Å²) in [6.45, 7) is 3.44. The largest absolute Gasteiger partial charge is 0.394 e. The number of nitro benzene ring substituents is 1. The van der Waals surface area contributed by atoms with Crippen molar-refractivity contribution in [2.45, 2.75) is 20.0 Å². The molecule has 0 bridgehead atoms. The Morgan fingerprint density at radius 1 is 1.17 bits per heavy atom. The highest BCUT2D eigenvalue weighted by Gasteiger charge is 2.03. The van der Waals surface area contributed by atoms with Gasteiger partial charge in [0.1, 0.15) is 0 Å². The topological polar surface area (TPSA) is 75.7 Å². The van der Waals surface area contributed by atoms with Gasteiger partial charge in [-0.25, -0.2) is 4.99 Å². The molecule has 0 aliphatic heterocycles. The summed E-state index contributed by atoms with van der Waals surface area (Å²) in [4.78, 5) is 14.1. The zero-order chi connectivity index (χ0) is 17.1. The monoisotopic (exact) mass is 310 g/mol. The summed E-state index contributed by atoms with van der Waals surface area (Å²) in [5.74, 6) is 2.87. The number of benzene rings is 2. The maximum atomic E-state index is 10.6. The van der Waals surface area contributed by atoms with Gasteiger partial charge in [0.25, 0.3) is 5.69 Å². The van der Waals surface area contributed by atoms with Gasteiger partial charge in [0.2, 0.25) is 0 Å². The van der Waals surface area contributed by atoms with E-state index in [1.54, 1.807) is 26.0 Å². The van der Waals surface area contributed by atoms with E-state index in [2.05, 4.69) is 17.0 Å². The first-order valence-corrected chi connectivity index (χ1v) is 7.00. The van der Waals surface area contributed by atoms with Crippen LogP contribution in [0.25, 0.3) is 0 Å². The van der Waals surface area contributed by atoms with E-state index in [1.807, 2.05) is 30.3 Å². The van der Waals surface area contributed by atoms with Crippen molar-refractivity contribution >= 4 is 11.9 Å². The van der Waals surface area contributed by atoms with E-state index in [0.717, 1.165) is 5.56 Å². The summed E-state index contributed by atoms with van der Waals surface area (Å²) in [5.41, 5.74) is 1.57. The summed E-state index contributed by atoms with van der Waals surface area (Å²) in [5, 5.41) is 18.7. The molecule has 2 aromatic rings. The summed E-state index contributed by atoms with van der Waals surface area (Å²) in [7, 11) is 0. The predicted octanol–water partition coefficient (Wildman–Crippen LogP) is 3.41. The molecule has 0 amide bonds. The minimum atomic E-state index is -0.438. The molecule has 0 aliphatic carbocycles. The molecule has 118 valence electrons. The second kappa shape index (κ2) is 9.87. The number of aliphatic hydroxyl groups is 1. The quantitative estimate of drug-likeness (QED) is 0.400. The third-order valence-corrected chi connectivity index (χ3v) is 2.33. The van der Waals surface area contributed by atoms with Gasteiger partial charge >= 0.3 is 0 Å². The molecular formula is C18H18N2O3. The maximum absolute atomic E-state index is 10.6. The van der Waals surface area contributed by atoms with Gasteiger partial charge in [-0.2, -0.15) is 0 Å². The Bertz CT molecular complexity index is 711. The van der Waals surface area contributed by atoms with E-state index in [1.165, 1.54) is 18.3 Å². The van der Waals surface area contributed by atoms with Gasteiger partial charge in [-0.3, -0.25) is 10.1 Å². The number of hydrogen-bond acceptors (Lipinski definition) is 4. The van der Waals surface area contributed by atoms with Crippen molar-refractivity contribution in [3.8, 4) is 12.0 Å². The number of rotatable bonds is 2. The van der Waals surface area contributed by atoms with Crippen LogP contribution in [0.15, 0.2) is 59.6 Å². The van der Waals surface area contributed by atoms with Gasteiger partial charge in [-0.1, -0.05) is 30.3 Å². The Kier molecular flexibility index (Phi) is 7.76. The second-order valence-electron chi connectivity index (χ2n) is 4.81. The number of aliphatic imine (C=N–C) groups is 1. The van der Waals surface area contributed by atoms with E-state index >= 15 is 0 Å². The zero-order valence-corrected chi connectivity index (χ0v) is 13.0. The molecule has 0 spiro atoms. The van der Waals surface area contributed by atoms with Crippen molar-refractivity contribution in [2.24, 2.45) is 4.99 Å². The molecule has 0 unspecified atom stereocenters. The van der Waals surface area contributed by atoms with Crippen molar-refractivity contribution in [1.29, 1.82) is 0 Å². The zero-order valence-electron chi connectivity index (χ0n) is 13.0. The third kappa shape index (κ3) is 8.15. The minimum absolute atomic E-state index is 0.0416. The average Bonchev–Trinajstić information content (AvgIpc) is 2.52. The minimum Gasteiger partial charge on any atom is -0.394 e. The van der Waals surface area contributed by atoms with Crippen LogP contribution < -0.4 is 0 Å². The summed E-state index contributed by atoms with van der Waals surface area (Å²) in [6.07, 6.45) is 1.34. The van der Waals surface area contributed by atoms with E-state index < -0.39 is 4.92 Å². The molecule has 23 heavy (non-hydrogen) atoms. The molecular weight excluding hydrogens is 292 g/mol. The highest BCUT2D eigenvalue weighted by Crippen LogP contribution is 2.11. The van der Waals surface area contributed by atoms with Crippen LogP contribution in [0.3, 0.4) is 0 Å². The molecule has 0 aliphatic rings. The van der Waals surface area contributed by atoms with Crippen LogP contribution in [0.2, 0.25) is 0 Å². The van der Waals surface area contributed by atoms with Gasteiger partial charge in [-0.05, 0) is 31.9 Å². The molecule has 0 radical (unpaired) electrons. The fraction of sp³-hybridized carbons (Fsp3) is 0.167. The van der Waals surface area contributed by atoms with Crippen molar-refractivity contribution in [2.75, 3.05) is 0 Å². The van der Waals surface area contributed by atoms with Crippen molar-refractivity contribution in [3.05, 3.63) is 75.8 Å². The fourth-order valence-electron chi connectivity index (χ4n) is 1.44. The summed E-state index contributed by atoms with van der Waals surface area (Å²) in [6, 6.07) is 18.4. The molecule has 0 saturated carbocycles. The van der Waals surface area contributed by atoms with Gasteiger partial charge in [0.15, 0.2) is 0 Å². The fourth-order valence-corrected chi connectivity index (χ4v) is 1.44. The number of non-ortho nitro benzene ring substituents is 1. The van der Waals surface area contributed by atoms with Crippen LogP contribution >= 0.6 is 0 Å². The molecule has 5 heteroatoms.